The van der Waals surface area contributed by atoms with Crippen LogP contribution in [0.25, 0.3) is 0 Å². The summed E-state index contributed by atoms with van der Waals surface area (Å²) in [6, 6.07) is 0. The van der Waals surface area contributed by atoms with Crippen molar-refractivity contribution in [3.8, 4) is 0 Å². The van der Waals surface area contributed by atoms with Gasteiger partial charge in [0.2, 0.25) is 0 Å². The van der Waals surface area contributed by atoms with Crippen molar-refractivity contribution in [2.24, 2.45) is 11.8 Å². The molecule has 0 bridgehead atoms. The Morgan fingerprint density at radius 1 is 1.28 bits per heavy atom. The molecule has 4 nitrogen and oxygen atoms in total. The van der Waals surface area contributed by atoms with Crippen LogP contribution in [0, 0.1) is 11.8 Å². The molecule has 0 aromatic heterocycles. The van der Waals surface area contributed by atoms with Crippen LogP contribution >= 0.6 is 0 Å². The average molecular weight is 252 g/mol. The quantitative estimate of drug-likeness (QED) is 0.738. The van der Waals surface area contributed by atoms with E-state index in [-0.39, 0.29) is 0 Å². The van der Waals surface area contributed by atoms with Crippen LogP contribution in [0.2, 0.25) is 0 Å². The predicted molar refractivity (Wildman–Crippen MR) is 68.2 cm³/mol. The van der Waals surface area contributed by atoms with Gasteiger partial charge in [-0.2, -0.15) is 0 Å². The second-order valence-electron chi connectivity index (χ2n) is 5.01. The fourth-order valence-electron chi connectivity index (χ4n) is 2.25. The topological polar surface area (TPSA) is 74.6 Å². The number of hydrogen-bond donors (Lipinski definition) is 2. The van der Waals surface area contributed by atoms with E-state index in [1.54, 1.807) is 0 Å². The van der Waals surface area contributed by atoms with Crippen molar-refractivity contribution >= 4 is 11.9 Å². The van der Waals surface area contributed by atoms with Crippen LogP contribution in [-0.4, -0.2) is 22.2 Å². The van der Waals surface area contributed by atoms with Crippen LogP contribution in [0.4, 0.5) is 0 Å². The van der Waals surface area contributed by atoms with Crippen molar-refractivity contribution in [1.82, 2.24) is 0 Å². The van der Waals surface area contributed by atoms with Gasteiger partial charge in [0.15, 0.2) is 0 Å². The van der Waals surface area contributed by atoms with E-state index in [1.807, 2.05) is 19.9 Å². The van der Waals surface area contributed by atoms with Gasteiger partial charge >= 0.3 is 11.9 Å². The largest absolute Gasteiger partial charge is 0.481 e. The van der Waals surface area contributed by atoms with Crippen LogP contribution in [-0.2, 0) is 9.59 Å². The van der Waals surface area contributed by atoms with E-state index in [9.17, 15) is 9.59 Å². The van der Waals surface area contributed by atoms with E-state index in [4.69, 9.17) is 10.2 Å². The molecular weight excluding hydrogens is 232 g/mol. The summed E-state index contributed by atoms with van der Waals surface area (Å²) >= 11 is 0. The van der Waals surface area contributed by atoms with E-state index in [2.05, 4.69) is 6.08 Å². The van der Waals surface area contributed by atoms with E-state index >= 15 is 0 Å². The zero-order valence-electron chi connectivity index (χ0n) is 10.8. The van der Waals surface area contributed by atoms with E-state index in [0.717, 1.165) is 18.4 Å². The number of aliphatic carboxylic acids is 2. The third kappa shape index (κ3) is 4.02. The summed E-state index contributed by atoms with van der Waals surface area (Å²) in [4.78, 5) is 22.1. The van der Waals surface area contributed by atoms with Crippen molar-refractivity contribution < 1.29 is 19.8 Å². The van der Waals surface area contributed by atoms with Crippen LogP contribution in [0.1, 0.15) is 39.5 Å². The Morgan fingerprint density at radius 3 is 2.39 bits per heavy atom. The predicted octanol–water partition coefficient (Wildman–Crippen LogP) is 2.85. The average Bonchev–Trinajstić information content (AvgIpc) is 2.28. The van der Waals surface area contributed by atoms with Gasteiger partial charge in [0, 0.05) is 0 Å². The Balaban J connectivity index is 2.66. The van der Waals surface area contributed by atoms with E-state index < -0.39 is 23.8 Å². The zero-order chi connectivity index (χ0) is 13.7. The summed E-state index contributed by atoms with van der Waals surface area (Å²) in [5, 5.41) is 18.1. The van der Waals surface area contributed by atoms with Crippen molar-refractivity contribution in [3.05, 3.63) is 23.3 Å². The third-order valence-electron chi connectivity index (χ3n) is 3.28. The molecule has 0 spiro atoms. The molecule has 0 unspecified atom stereocenters. The maximum Gasteiger partial charge on any atom is 0.307 e. The Bertz CT molecular complexity index is 389. The molecule has 0 saturated carbocycles. The summed E-state index contributed by atoms with van der Waals surface area (Å²) in [5.74, 6) is -3.58. The number of carboxylic acid groups (broad SMARTS) is 2. The summed E-state index contributed by atoms with van der Waals surface area (Å²) in [6.07, 6.45) is 6.41. The minimum absolute atomic E-state index is 0.330. The second-order valence-corrected chi connectivity index (χ2v) is 5.01. The minimum atomic E-state index is -1.01. The van der Waals surface area contributed by atoms with Gasteiger partial charge in [-0.15, -0.1) is 0 Å². The molecule has 0 radical (unpaired) electrons. The molecule has 4 heteroatoms. The molecule has 1 aliphatic rings. The van der Waals surface area contributed by atoms with Crippen LogP contribution < -0.4 is 0 Å². The Labute approximate surface area is 107 Å². The molecule has 1 aliphatic carbocycles. The highest BCUT2D eigenvalue weighted by Crippen LogP contribution is 2.32. The summed E-state index contributed by atoms with van der Waals surface area (Å²) < 4.78 is 0. The van der Waals surface area contributed by atoms with Gasteiger partial charge in [0.05, 0.1) is 11.8 Å². The van der Waals surface area contributed by atoms with Crippen LogP contribution in [0.15, 0.2) is 23.3 Å². The normalized spacial score (nSPS) is 23.1. The summed E-state index contributed by atoms with van der Waals surface area (Å²) in [7, 11) is 0. The Kier molecular flexibility index (Phi) is 5.13. The number of carbonyl (C=O) groups is 2. The SMILES string of the molecule is CC(C)=CCCC1=CC[C@H](C(=O)O)[C@H](C(=O)O)C1. The van der Waals surface area contributed by atoms with E-state index in [1.165, 1.54) is 5.57 Å². The Morgan fingerprint density at radius 2 is 1.89 bits per heavy atom. The number of allylic oxidation sites excluding steroid dienone is 4. The lowest BCUT2D eigenvalue weighted by molar-refractivity contribution is -0.153. The van der Waals surface area contributed by atoms with Gasteiger partial charge in [0.1, 0.15) is 0 Å². The van der Waals surface area contributed by atoms with Crippen molar-refractivity contribution in [2.75, 3.05) is 0 Å². The standard InChI is InChI=1S/C14H20O4/c1-9(2)4-3-5-10-6-7-11(13(15)16)12(8-10)14(17)18/h4,6,11-12H,3,5,7-8H2,1-2H3,(H,15,16)(H,17,18)/t11-,12+/m0/s1. The van der Waals surface area contributed by atoms with Gasteiger partial charge in [0.25, 0.3) is 0 Å². The maximum absolute atomic E-state index is 11.1. The second kappa shape index (κ2) is 6.38. The van der Waals surface area contributed by atoms with E-state index in [0.29, 0.717) is 12.8 Å². The molecule has 0 heterocycles. The maximum atomic E-state index is 11.1. The van der Waals surface area contributed by atoms with Crippen LogP contribution in [0.5, 0.6) is 0 Å². The molecule has 18 heavy (non-hydrogen) atoms. The number of rotatable bonds is 5. The van der Waals surface area contributed by atoms with Gasteiger partial charge in [-0.05, 0) is 39.5 Å². The highest BCUT2D eigenvalue weighted by Gasteiger charge is 2.35. The lowest BCUT2D eigenvalue weighted by Gasteiger charge is -2.25. The molecule has 0 aromatic carbocycles. The van der Waals surface area contributed by atoms with Crippen molar-refractivity contribution in [3.63, 3.8) is 0 Å². The molecule has 2 atom stereocenters. The highest BCUT2D eigenvalue weighted by atomic mass is 16.4. The molecular formula is C14H20O4. The molecule has 1 rings (SSSR count). The van der Waals surface area contributed by atoms with Gasteiger partial charge in [-0.1, -0.05) is 23.3 Å². The Hall–Kier alpha value is -1.58. The number of carboxylic acids is 2. The first-order chi connectivity index (χ1) is 8.41. The zero-order valence-corrected chi connectivity index (χ0v) is 10.8. The van der Waals surface area contributed by atoms with Crippen molar-refractivity contribution in [2.45, 2.75) is 39.5 Å². The van der Waals surface area contributed by atoms with Gasteiger partial charge in [-0.25, -0.2) is 0 Å². The molecule has 0 fully saturated rings. The first-order valence-corrected chi connectivity index (χ1v) is 6.18. The molecule has 100 valence electrons. The minimum Gasteiger partial charge on any atom is -0.481 e. The van der Waals surface area contributed by atoms with Crippen LogP contribution in [0.3, 0.4) is 0 Å². The lowest BCUT2D eigenvalue weighted by Crippen LogP contribution is -2.32. The molecule has 2 N–H and O–H groups in total. The van der Waals surface area contributed by atoms with Gasteiger partial charge in [-0.3, -0.25) is 9.59 Å². The third-order valence-corrected chi connectivity index (χ3v) is 3.28. The van der Waals surface area contributed by atoms with Gasteiger partial charge < -0.3 is 10.2 Å². The lowest BCUT2D eigenvalue weighted by atomic mass is 9.78. The first kappa shape index (κ1) is 14.5. The smallest absolute Gasteiger partial charge is 0.307 e. The molecule has 0 aromatic rings. The highest BCUT2D eigenvalue weighted by molar-refractivity contribution is 5.80. The summed E-state index contributed by atoms with van der Waals surface area (Å²) in [5.41, 5.74) is 2.31. The summed E-state index contributed by atoms with van der Waals surface area (Å²) in [6.45, 7) is 4.05. The fourth-order valence-corrected chi connectivity index (χ4v) is 2.25. The fraction of sp³-hybridized carbons (Fsp3) is 0.571. The van der Waals surface area contributed by atoms with Crippen molar-refractivity contribution in [1.29, 1.82) is 0 Å². The first-order valence-electron chi connectivity index (χ1n) is 6.18. The molecule has 0 amide bonds. The molecule has 0 aliphatic heterocycles. The monoisotopic (exact) mass is 252 g/mol. The number of hydrogen-bond acceptors (Lipinski definition) is 2. The molecule has 0 saturated heterocycles.